The van der Waals surface area contributed by atoms with E-state index in [0.717, 1.165) is 37.0 Å². The van der Waals surface area contributed by atoms with Crippen molar-refractivity contribution in [2.45, 2.75) is 115 Å². The highest BCUT2D eigenvalue weighted by Gasteiger charge is 2.58. The smallest absolute Gasteiger partial charge is 0.186 e. The van der Waals surface area contributed by atoms with Crippen molar-refractivity contribution in [1.82, 2.24) is 0 Å². The van der Waals surface area contributed by atoms with Gasteiger partial charge in [0.15, 0.2) is 6.29 Å². The molecular weight excluding hydrogens is 396 g/mol. The van der Waals surface area contributed by atoms with Gasteiger partial charge in [-0.1, -0.05) is 20.3 Å². The molecule has 4 aliphatic carbocycles. The minimum absolute atomic E-state index is 0.0172. The molecule has 12 atom stereocenters. The van der Waals surface area contributed by atoms with Crippen LogP contribution < -0.4 is 0 Å². The minimum atomic E-state index is -1.37. The summed E-state index contributed by atoms with van der Waals surface area (Å²) in [5, 5.41) is 39.9. The molecule has 5 rings (SSSR count). The van der Waals surface area contributed by atoms with E-state index in [4.69, 9.17) is 9.47 Å². The van der Waals surface area contributed by atoms with Crippen LogP contribution in [-0.2, 0) is 9.47 Å². The van der Waals surface area contributed by atoms with Gasteiger partial charge in [0.05, 0.1) is 12.7 Å². The SMILES string of the molecule is C[C@@]12CCC[C@H]1[C@@H]1CCC3CC(O[C@H]4O[C@H](CO)[C@@H](O)[C@H](O)[C@H]4O)CC[C@]3(C)[C@H]1CC2. The van der Waals surface area contributed by atoms with Gasteiger partial charge in [0, 0.05) is 0 Å². The van der Waals surface area contributed by atoms with Gasteiger partial charge in [-0.2, -0.15) is 0 Å². The third kappa shape index (κ3) is 3.60. The van der Waals surface area contributed by atoms with Gasteiger partial charge < -0.3 is 29.9 Å². The van der Waals surface area contributed by atoms with Crippen molar-refractivity contribution in [1.29, 1.82) is 0 Å². The molecule has 0 aromatic rings. The zero-order valence-electron chi connectivity index (χ0n) is 19.2. The van der Waals surface area contributed by atoms with E-state index in [1.807, 2.05) is 0 Å². The van der Waals surface area contributed by atoms with Crippen molar-refractivity contribution < 1.29 is 29.9 Å². The van der Waals surface area contributed by atoms with Gasteiger partial charge in [-0.25, -0.2) is 0 Å². The van der Waals surface area contributed by atoms with Crippen LogP contribution >= 0.6 is 0 Å². The number of rotatable bonds is 3. The second kappa shape index (κ2) is 8.21. The molecule has 0 aromatic carbocycles. The van der Waals surface area contributed by atoms with Gasteiger partial charge in [0.1, 0.15) is 24.4 Å². The molecule has 5 fully saturated rings. The van der Waals surface area contributed by atoms with E-state index in [-0.39, 0.29) is 6.10 Å². The second-order valence-electron chi connectivity index (χ2n) is 12.0. The fourth-order valence-electron chi connectivity index (χ4n) is 8.70. The summed E-state index contributed by atoms with van der Waals surface area (Å²) >= 11 is 0. The Labute approximate surface area is 186 Å². The standard InChI is InChI=1S/C25H42O6/c1-24-9-3-4-17(24)16-6-5-14-12-15(7-11-25(14,2)18(16)8-10-24)30-23-22(29)21(28)20(27)19(13-26)31-23/h14-23,26-29H,3-13H2,1-2H3/t14?,15?,16-,17-,18-,19+,20+,21-,22+,23-,24-,25-/m0/s1. The van der Waals surface area contributed by atoms with Crippen LogP contribution in [0.4, 0.5) is 0 Å². The predicted molar refractivity (Wildman–Crippen MR) is 115 cm³/mol. The van der Waals surface area contributed by atoms with Gasteiger partial charge in [-0.15, -0.1) is 0 Å². The first-order valence-corrected chi connectivity index (χ1v) is 12.7. The Morgan fingerprint density at radius 2 is 1.68 bits per heavy atom. The number of fused-ring (bicyclic) bond motifs is 5. The molecule has 5 aliphatic rings. The van der Waals surface area contributed by atoms with E-state index >= 15 is 0 Å². The lowest BCUT2D eigenvalue weighted by molar-refractivity contribution is -0.316. The molecule has 0 radical (unpaired) electrons. The first-order chi connectivity index (χ1) is 14.8. The molecule has 6 heteroatoms. The maximum absolute atomic E-state index is 10.4. The van der Waals surface area contributed by atoms with Gasteiger partial charge in [-0.05, 0) is 92.3 Å². The summed E-state index contributed by atoms with van der Waals surface area (Å²) in [7, 11) is 0. The summed E-state index contributed by atoms with van der Waals surface area (Å²) < 4.78 is 11.8. The molecule has 31 heavy (non-hydrogen) atoms. The van der Waals surface area contributed by atoms with Crippen molar-refractivity contribution in [3.05, 3.63) is 0 Å². The van der Waals surface area contributed by atoms with Crippen LogP contribution in [0.15, 0.2) is 0 Å². The first kappa shape index (κ1) is 22.5. The number of aliphatic hydroxyl groups is 4. The number of hydrogen-bond acceptors (Lipinski definition) is 6. The van der Waals surface area contributed by atoms with Crippen molar-refractivity contribution in [3.63, 3.8) is 0 Å². The lowest BCUT2D eigenvalue weighted by Crippen LogP contribution is -2.60. The number of hydrogen-bond donors (Lipinski definition) is 4. The Hall–Kier alpha value is -0.240. The quantitative estimate of drug-likeness (QED) is 0.506. The average Bonchev–Trinajstić information content (AvgIpc) is 3.16. The van der Waals surface area contributed by atoms with E-state index in [1.165, 1.54) is 44.9 Å². The predicted octanol–water partition coefficient (Wildman–Crippen LogP) is 2.60. The van der Waals surface area contributed by atoms with Gasteiger partial charge in [-0.3, -0.25) is 0 Å². The zero-order chi connectivity index (χ0) is 22.0. The molecule has 0 aromatic heterocycles. The Morgan fingerprint density at radius 3 is 2.45 bits per heavy atom. The van der Waals surface area contributed by atoms with E-state index in [2.05, 4.69) is 13.8 Å². The van der Waals surface area contributed by atoms with E-state index in [1.54, 1.807) is 0 Å². The Balaban J connectivity index is 1.25. The maximum atomic E-state index is 10.4. The third-order valence-corrected chi connectivity index (χ3v) is 10.6. The molecule has 1 aliphatic heterocycles. The Bertz CT molecular complexity index is 656. The number of ether oxygens (including phenoxy) is 2. The molecular formula is C25H42O6. The van der Waals surface area contributed by atoms with Crippen molar-refractivity contribution in [2.24, 2.45) is 34.5 Å². The molecule has 4 saturated carbocycles. The molecule has 0 spiro atoms. The molecule has 178 valence electrons. The van der Waals surface area contributed by atoms with Crippen LogP contribution in [0.25, 0.3) is 0 Å². The van der Waals surface area contributed by atoms with E-state index in [9.17, 15) is 20.4 Å². The molecule has 1 heterocycles. The monoisotopic (exact) mass is 438 g/mol. The van der Waals surface area contributed by atoms with Crippen molar-refractivity contribution in [2.75, 3.05) is 6.61 Å². The average molecular weight is 439 g/mol. The van der Waals surface area contributed by atoms with Crippen LogP contribution in [0.3, 0.4) is 0 Å². The van der Waals surface area contributed by atoms with Crippen LogP contribution in [0.5, 0.6) is 0 Å². The third-order valence-electron chi connectivity index (χ3n) is 10.6. The van der Waals surface area contributed by atoms with Crippen LogP contribution in [0.1, 0.15) is 78.1 Å². The highest BCUT2D eigenvalue weighted by Crippen LogP contribution is 2.66. The summed E-state index contributed by atoms with van der Waals surface area (Å²) in [6.45, 7) is 4.68. The van der Waals surface area contributed by atoms with Gasteiger partial charge in [0.25, 0.3) is 0 Å². The molecule has 0 amide bonds. The molecule has 6 nitrogen and oxygen atoms in total. The molecule has 1 saturated heterocycles. The second-order valence-corrected chi connectivity index (χ2v) is 12.0. The topological polar surface area (TPSA) is 99.4 Å². The molecule has 4 N–H and O–H groups in total. The number of aliphatic hydroxyl groups excluding tert-OH is 4. The Morgan fingerprint density at radius 1 is 0.871 bits per heavy atom. The zero-order valence-corrected chi connectivity index (χ0v) is 19.2. The fraction of sp³-hybridized carbons (Fsp3) is 1.00. The van der Waals surface area contributed by atoms with Gasteiger partial charge in [0.2, 0.25) is 0 Å². The van der Waals surface area contributed by atoms with E-state index in [0.29, 0.717) is 16.7 Å². The molecule has 2 unspecified atom stereocenters. The van der Waals surface area contributed by atoms with E-state index < -0.39 is 37.3 Å². The summed E-state index contributed by atoms with van der Waals surface area (Å²) in [4.78, 5) is 0. The van der Waals surface area contributed by atoms with Crippen LogP contribution in [0, 0.1) is 34.5 Å². The highest BCUT2D eigenvalue weighted by atomic mass is 16.7. The van der Waals surface area contributed by atoms with Crippen molar-refractivity contribution in [3.8, 4) is 0 Å². The van der Waals surface area contributed by atoms with Crippen molar-refractivity contribution >= 4 is 0 Å². The van der Waals surface area contributed by atoms with Crippen LogP contribution in [-0.4, -0.2) is 63.8 Å². The largest absolute Gasteiger partial charge is 0.394 e. The van der Waals surface area contributed by atoms with Crippen LogP contribution in [0.2, 0.25) is 0 Å². The summed E-state index contributed by atoms with van der Waals surface area (Å²) in [5.74, 6) is 3.27. The Kier molecular flexibility index (Phi) is 5.97. The first-order valence-electron chi connectivity index (χ1n) is 12.7. The fourth-order valence-corrected chi connectivity index (χ4v) is 8.70. The minimum Gasteiger partial charge on any atom is -0.394 e. The summed E-state index contributed by atoms with van der Waals surface area (Å²) in [6.07, 6.45) is 6.76. The summed E-state index contributed by atoms with van der Waals surface area (Å²) in [6, 6.07) is 0. The highest BCUT2D eigenvalue weighted by molar-refractivity contribution is 5.07. The summed E-state index contributed by atoms with van der Waals surface area (Å²) in [5.41, 5.74) is 0.968. The maximum Gasteiger partial charge on any atom is 0.186 e. The van der Waals surface area contributed by atoms with Gasteiger partial charge >= 0.3 is 0 Å². The lowest BCUT2D eigenvalue weighted by atomic mass is 9.45. The normalized spacial score (nSPS) is 57.1. The molecule has 0 bridgehead atoms. The lowest BCUT2D eigenvalue weighted by Gasteiger charge is -2.60.